The summed E-state index contributed by atoms with van der Waals surface area (Å²) < 4.78 is 0. The van der Waals surface area contributed by atoms with Crippen molar-refractivity contribution in [3.05, 3.63) is 53.1 Å². The van der Waals surface area contributed by atoms with Crippen molar-refractivity contribution in [2.75, 3.05) is 18.0 Å². The van der Waals surface area contributed by atoms with Crippen LogP contribution in [0, 0.1) is 13.8 Å². The number of rotatable bonds is 2. The molecule has 124 valence electrons. The van der Waals surface area contributed by atoms with E-state index in [1.807, 2.05) is 4.90 Å². The van der Waals surface area contributed by atoms with Crippen molar-refractivity contribution in [2.24, 2.45) is 0 Å². The first-order valence-corrected chi connectivity index (χ1v) is 8.89. The Labute approximate surface area is 143 Å². The van der Waals surface area contributed by atoms with Gasteiger partial charge in [0.2, 0.25) is 5.91 Å². The molecule has 1 saturated heterocycles. The standard InChI is InChI=1S/C21H24N2O/c1-14-11-15(2)13-16(12-14)17-5-3-7-20-18(17)8-10-23(20)21(24)19-6-4-9-22-19/h3,5,7,11-13,19,22H,4,6,8-10H2,1-2H3. The van der Waals surface area contributed by atoms with Gasteiger partial charge in [0, 0.05) is 12.2 Å². The number of amides is 1. The predicted molar refractivity (Wildman–Crippen MR) is 98.4 cm³/mol. The molecule has 1 amide bonds. The molecule has 1 fully saturated rings. The highest BCUT2D eigenvalue weighted by Gasteiger charge is 2.32. The van der Waals surface area contributed by atoms with E-state index in [4.69, 9.17) is 0 Å². The molecule has 24 heavy (non-hydrogen) atoms. The SMILES string of the molecule is Cc1cc(C)cc(-c2cccc3c2CCN3C(=O)C2CCCN2)c1. The summed E-state index contributed by atoms with van der Waals surface area (Å²) >= 11 is 0. The highest BCUT2D eigenvalue weighted by Crippen LogP contribution is 2.37. The summed E-state index contributed by atoms with van der Waals surface area (Å²) in [5.41, 5.74) is 7.51. The maximum Gasteiger partial charge on any atom is 0.244 e. The second kappa shape index (κ2) is 6.06. The van der Waals surface area contributed by atoms with E-state index >= 15 is 0 Å². The molecule has 0 aromatic heterocycles. The Kier molecular flexibility index (Phi) is 3.89. The Hall–Kier alpha value is -2.13. The van der Waals surface area contributed by atoms with Crippen LogP contribution in [0.3, 0.4) is 0 Å². The van der Waals surface area contributed by atoms with Gasteiger partial charge in [-0.3, -0.25) is 4.79 Å². The molecule has 1 N–H and O–H groups in total. The van der Waals surface area contributed by atoms with E-state index in [0.29, 0.717) is 0 Å². The topological polar surface area (TPSA) is 32.3 Å². The average molecular weight is 320 g/mol. The van der Waals surface area contributed by atoms with E-state index in [2.05, 4.69) is 55.6 Å². The van der Waals surface area contributed by atoms with Gasteiger partial charge in [-0.2, -0.15) is 0 Å². The summed E-state index contributed by atoms with van der Waals surface area (Å²) in [6.07, 6.45) is 3.00. The van der Waals surface area contributed by atoms with Gasteiger partial charge in [-0.1, -0.05) is 41.5 Å². The van der Waals surface area contributed by atoms with Crippen molar-refractivity contribution in [2.45, 2.75) is 39.2 Å². The number of nitrogens with one attached hydrogen (secondary N) is 1. The molecule has 2 aromatic rings. The number of benzene rings is 2. The maximum atomic E-state index is 12.8. The molecular formula is C21H24N2O. The second-order valence-corrected chi connectivity index (χ2v) is 7.07. The van der Waals surface area contributed by atoms with Crippen molar-refractivity contribution in [1.29, 1.82) is 0 Å². The smallest absolute Gasteiger partial charge is 0.244 e. The molecule has 2 aliphatic rings. The number of hydrogen-bond acceptors (Lipinski definition) is 2. The van der Waals surface area contributed by atoms with Crippen LogP contribution in [0.25, 0.3) is 11.1 Å². The van der Waals surface area contributed by atoms with E-state index < -0.39 is 0 Å². The Morgan fingerprint density at radius 3 is 2.67 bits per heavy atom. The number of carbonyl (C=O) groups is 1. The summed E-state index contributed by atoms with van der Waals surface area (Å²) in [6.45, 7) is 6.04. The molecule has 1 unspecified atom stereocenters. The van der Waals surface area contributed by atoms with Crippen LogP contribution in [-0.2, 0) is 11.2 Å². The number of hydrogen-bond donors (Lipinski definition) is 1. The van der Waals surface area contributed by atoms with Crippen LogP contribution in [0.2, 0.25) is 0 Å². The van der Waals surface area contributed by atoms with Gasteiger partial charge in [-0.25, -0.2) is 0 Å². The Morgan fingerprint density at radius 1 is 1.17 bits per heavy atom. The lowest BCUT2D eigenvalue weighted by Crippen LogP contribution is -2.42. The van der Waals surface area contributed by atoms with Crippen LogP contribution in [0.5, 0.6) is 0 Å². The van der Waals surface area contributed by atoms with Crippen molar-refractivity contribution in [3.8, 4) is 11.1 Å². The molecule has 4 rings (SSSR count). The highest BCUT2D eigenvalue weighted by molar-refractivity contribution is 6.00. The van der Waals surface area contributed by atoms with Crippen LogP contribution in [0.1, 0.15) is 29.5 Å². The summed E-state index contributed by atoms with van der Waals surface area (Å²) in [6, 6.07) is 13.1. The number of carbonyl (C=O) groups excluding carboxylic acids is 1. The first-order valence-electron chi connectivity index (χ1n) is 8.89. The van der Waals surface area contributed by atoms with Crippen LogP contribution in [-0.4, -0.2) is 25.0 Å². The van der Waals surface area contributed by atoms with Gasteiger partial charge < -0.3 is 10.2 Å². The lowest BCUT2D eigenvalue weighted by molar-refractivity contribution is -0.120. The molecule has 2 aliphatic heterocycles. The van der Waals surface area contributed by atoms with E-state index in [-0.39, 0.29) is 11.9 Å². The minimum atomic E-state index is 0.000760. The van der Waals surface area contributed by atoms with Crippen molar-refractivity contribution in [1.82, 2.24) is 5.32 Å². The first-order chi connectivity index (χ1) is 11.6. The summed E-state index contributed by atoms with van der Waals surface area (Å²) in [7, 11) is 0. The number of fused-ring (bicyclic) bond motifs is 1. The summed E-state index contributed by atoms with van der Waals surface area (Å²) in [4.78, 5) is 14.8. The molecule has 2 aromatic carbocycles. The Balaban J connectivity index is 1.72. The van der Waals surface area contributed by atoms with Gasteiger partial charge in [0.05, 0.1) is 6.04 Å². The molecule has 0 aliphatic carbocycles. The third kappa shape index (κ3) is 2.63. The fourth-order valence-corrected chi connectivity index (χ4v) is 4.15. The first kappa shape index (κ1) is 15.4. The second-order valence-electron chi connectivity index (χ2n) is 7.07. The van der Waals surface area contributed by atoms with E-state index in [1.165, 1.54) is 27.8 Å². The molecule has 2 heterocycles. The zero-order valence-electron chi connectivity index (χ0n) is 14.4. The monoisotopic (exact) mass is 320 g/mol. The molecule has 3 nitrogen and oxygen atoms in total. The molecule has 0 radical (unpaired) electrons. The van der Waals surface area contributed by atoms with Crippen molar-refractivity contribution >= 4 is 11.6 Å². The van der Waals surface area contributed by atoms with Gasteiger partial charge >= 0.3 is 0 Å². The van der Waals surface area contributed by atoms with Gasteiger partial charge in [-0.15, -0.1) is 0 Å². The van der Waals surface area contributed by atoms with Crippen molar-refractivity contribution < 1.29 is 4.79 Å². The molecule has 0 saturated carbocycles. The van der Waals surface area contributed by atoms with Crippen LogP contribution in [0.15, 0.2) is 36.4 Å². The molecule has 0 spiro atoms. The maximum absolute atomic E-state index is 12.8. The summed E-state index contributed by atoms with van der Waals surface area (Å²) in [5.74, 6) is 0.240. The Bertz CT molecular complexity index is 770. The lowest BCUT2D eigenvalue weighted by Gasteiger charge is -2.21. The van der Waals surface area contributed by atoms with E-state index in [1.54, 1.807) is 0 Å². The van der Waals surface area contributed by atoms with Gasteiger partial charge in [0.1, 0.15) is 0 Å². The normalized spacial score (nSPS) is 19.6. The molecular weight excluding hydrogens is 296 g/mol. The number of nitrogens with zero attached hydrogens (tertiary/aromatic N) is 1. The number of anilines is 1. The van der Waals surface area contributed by atoms with Crippen LogP contribution >= 0.6 is 0 Å². The minimum Gasteiger partial charge on any atom is -0.310 e. The number of aryl methyl sites for hydroxylation is 2. The molecule has 1 atom stereocenters. The van der Waals surface area contributed by atoms with Crippen LogP contribution < -0.4 is 10.2 Å². The largest absolute Gasteiger partial charge is 0.310 e. The molecule has 3 heteroatoms. The minimum absolute atomic E-state index is 0.000760. The zero-order chi connectivity index (χ0) is 16.7. The third-order valence-electron chi connectivity index (χ3n) is 5.18. The fraction of sp³-hybridized carbons (Fsp3) is 0.381. The van der Waals surface area contributed by atoms with E-state index in [9.17, 15) is 4.79 Å². The van der Waals surface area contributed by atoms with Gasteiger partial charge in [0.15, 0.2) is 0 Å². The quantitative estimate of drug-likeness (QED) is 0.917. The average Bonchev–Trinajstić information content (AvgIpc) is 3.22. The highest BCUT2D eigenvalue weighted by atomic mass is 16.2. The Morgan fingerprint density at radius 2 is 1.96 bits per heavy atom. The van der Waals surface area contributed by atoms with Gasteiger partial charge in [0.25, 0.3) is 0 Å². The third-order valence-corrected chi connectivity index (χ3v) is 5.18. The lowest BCUT2D eigenvalue weighted by atomic mass is 9.95. The summed E-state index contributed by atoms with van der Waals surface area (Å²) in [5, 5.41) is 3.33. The van der Waals surface area contributed by atoms with Gasteiger partial charge in [-0.05, 0) is 62.4 Å². The van der Waals surface area contributed by atoms with Crippen molar-refractivity contribution in [3.63, 3.8) is 0 Å². The fourth-order valence-electron chi connectivity index (χ4n) is 4.15. The zero-order valence-corrected chi connectivity index (χ0v) is 14.4. The van der Waals surface area contributed by atoms with E-state index in [0.717, 1.165) is 38.0 Å². The molecule has 0 bridgehead atoms. The predicted octanol–water partition coefficient (Wildman–Crippen LogP) is 3.61. The van der Waals surface area contributed by atoms with Crippen LogP contribution in [0.4, 0.5) is 5.69 Å².